The van der Waals surface area contributed by atoms with Crippen molar-refractivity contribution >= 4 is 39.8 Å². The molecule has 0 atom stereocenters. The standard InChI is InChI=1S/C35H31NO2.3ClH.Ti/c1-25-22-26(34(37)31(23-25)35(2,3)27-14-6-4-7-15-27)24-36-32-20-12-10-18-29(32)30-19-11-13-21-33(30)38-28-16-8-5-9-17-28;;;;/h4-24,37H,1-3H3;3*1H;/q;;;;+3/p-3. The average molecular weight is 652 g/mol. The van der Waals surface area contributed by atoms with Gasteiger partial charge < -0.3 is 9.84 Å². The van der Waals surface area contributed by atoms with E-state index in [0.29, 0.717) is 5.56 Å². The molecule has 0 aliphatic rings. The van der Waals surface area contributed by atoms with Crippen LogP contribution < -0.4 is 4.74 Å². The van der Waals surface area contributed by atoms with Gasteiger partial charge in [0.2, 0.25) is 0 Å². The number of hydrogen-bond donors (Lipinski definition) is 1. The first-order valence-corrected chi connectivity index (χ1v) is 19.8. The van der Waals surface area contributed by atoms with Crippen LogP contribution in [-0.2, 0) is 20.1 Å². The number of hydrogen-bond acceptors (Lipinski definition) is 3. The van der Waals surface area contributed by atoms with Crippen molar-refractivity contribution in [2.24, 2.45) is 4.99 Å². The van der Waals surface area contributed by atoms with Crippen LogP contribution in [0.1, 0.15) is 36.1 Å². The molecule has 0 saturated carbocycles. The minimum atomic E-state index is -1.92. The molecule has 0 spiro atoms. The van der Waals surface area contributed by atoms with Crippen molar-refractivity contribution in [3.8, 4) is 28.4 Å². The molecule has 7 heteroatoms. The van der Waals surface area contributed by atoms with Crippen LogP contribution >= 0.6 is 27.9 Å². The molecule has 0 bridgehead atoms. The van der Waals surface area contributed by atoms with E-state index in [1.54, 1.807) is 6.21 Å². The Hall–Kier alpha value is -3.05. The summed E-state index contributed by atoms with van der Waals surface area (Å²) in [7, 11) is 14.9. The Balaban J connectivity index is 0.000000952. The van der Waals surface area contributed by atoms with Crippen molar-refractivity contribution in [3.05, 3.63) is 144 Å². The maximum absolute atomic E-state index is 11.4. The van der Waals surface area contributed by atoms with Gasteiger partial charge in [0.25, 0.3) is 0 Å². The van der Waals surface area contributed by atoms with E-state index in [1.165, 1.54) is 0 Å². The van der Waals surface area contributed by atoms with Crippen LogP contribution in [0.2, 0.25) is 0 Å². The number of rotatable bonds is 7. The minimum absolute atomic E-state index is 0.249. The Morgan fingerprint density at radius 1 is 0.738 bits per heavy atom. The number of para-hydroxylation sites is 3. The van der Waals surface area contributed by atoms with Gasteiger partial charge in [0.05, 0.1) is 5.69 Å². The van der Waals surface area contributed by atoms with Crippen LogP contribution in [0.4, 0.5) is 5.69 Å². The van der Waals surface area contributed by atoms with Gasteiger partial charge in [-0.3, -0.25) is 4.99 Å². The second-order valence-corrected chi connectivity index (χ2v) is 17.9. The van der Waals surface area contributed by atoms with Gasteiger partial charge in [-0.1, -0.05) is 105 Å². The summed E-state index contributed by atoms with van der Waals surface area (Å²) in [6.07, 6.45) is 1.76. The molecule has 213 valence electrons. The van der Waals surface area contributed by atoms with Crippen LogP contribution in [0, 0.1) is 6.92 Å². The van der Waals surface area contributed by atoms with Gasteiger partial charge >= 0.3 is 42.6 Å². The van der Waals surface area contributed by atoms with Gasteiger partial charge in [0.1, 0.15) is 17.2 Å². The van der Waals surface area contributed by atoms with Gasteiger partial charge in [-0.2, -0.15) is 0 Å². The SMILES string of the molecule is Cc1cc(C=Nc2ccccc2-c2ccccc2Oc2ccccc2)c(O)c(C(C)(C)c2ccccc2)c1.[Cl][Ti]([Cl])[Cl]. The zero-order chi connectivity index (χ0) is 30.1. The summed E-state index contributed by atoms with van der Waals surface area (Å²) in [5.74, 6) is 1.78. The van der Waals surface area contributed by atoms with Crippen molar-refractivity contribution in [1.82, 2.24) is 0 Å². The molecule has 42 heavy (non-hydrogen) atoms. The normalized spacial score (nSPS) is 11.1. The predicted molar refractivity (Wildman–Crippen MR) is 175 cm³/mol. The number of halogens is 3. The molecular formula is C35H31Cl3NO2Ti. The van der Waals surface area contributed by atoms with Gasteiger partial charge in [0, 0.05) is 33.9 Å². The Kier molecular flexibility index (Phi) is 11.3. The second-order valence-electron chi connectivity index (χ2n) is 10.1. The number of phenolic OH excluding ortho intramolecular Hbond substituents is 1. The maximum atomic E-state index is 11.4. The molecule has 0 aliphatic heterocycles. The molecule has 0 aromatic heterocycles. The van der Waals surface area contributed by atoms with E-state index in [2.05, 4.69) is 32.0 Å². The van der Waals surface area contributed by atoms with E-state index in [0.717, 1.165) is 45.0 Å². The Labute approximate surface area is 265 Å². The number of ether oxygens (including phenoxy) is 1. The second kappa shape index (κ2) is 14.9. The molecule has 5 rings (SSSR count). The summed E-state index contributed by atoms with van der Waals surface area (Å²) < 4.78 is 6.22. The Morgan fingerprint density at radius 3 is 1.95 bits per heavy atom. The van der Waals surface area contributed by atoms with E-state index in [-0.39, 0.29) is 11.2 Å². The molecule has 0 amide bonds. The fourth-order valence-corrected chi connectivity index (χ4v) is 4.74. The van der Waals surface area contributed by atoms with E-state index in [1.807, 2.05) is 110 Å². The number of aromatic hydroxyl groups is 1. The van der Waals surface area contributed by atoms with E-state index in [4.69, 9.17) is 37.6 Å². The molecule has 0 fully saturated rings. The first-order chi connectivity index (χ1) is 20.2. The summed E-state index contributed by atoms with van der Waals surface area (Å²) in [6.45, 7) is 6.32. The number of benzene rings is 5. The van der Waals surface area contributed by atoms with Crippen LogP contribution in [0.5, 0.6) is 17.2 Å². The molecule has 5 aromatic rings. The third-order valence-electron chi connectivity index (χ3n) is 6.85. The average Bonchev–Trinajstić information content (AvgIpc) is 2.98. The molecular weight excluding hydrogens is 621 g/mol. The summed E-state index contributed by atoms with van der Waals surface area (Å²) >= 11 is -1.92. The van der Waals surface area contributed by atoms with Crippen molar-refractivity contribution in [3.63, 3.8) is 0 Å². The van der Waals surface area contributed by atoms with E-state index >= 15 is 0 Å². The van der Waals surface area contributed by atoms with E-state index < -0.39 is 14.7 Å². The van der Waals surface area contributed by atoms with Gasteiger partial charge in [-0.15, -0.1) is 0 Å². The molecule has 0 aliphatic carbocycles. The quantitative estimate of drug-likeness (QED) is 0.141. The first-order valence-electron chi connectivity index (χ1n) is 13.4. The molecule has 5 aromatic carbocycles. The van der Waals surface area contributed by atoms with E-state index in [9.17, 15) is 5.11 Å². The molecule has 0 unspecified atom stereocenters. The predicted octanol–water partition coefficient (Wildman–Crippen LogP) is 11.3. The summed E-state index contributed by atoms with van der Waals surface area (Å²) in [4.78, 5) is 4.86. The fourth-order valence-electron chi connectivity index (χ4n) is 4.74. The fraction of sp³-hybridized carbons (Fsp3) is 0.114. The third kappa shape index (κ3) is 8.28. The number of nitrogens with zero attached hydrogens (tertiary/aromatic N) is 1. The molecule has 0 radical (unpaired) electrons. The van der Waals surface area contributed by atoms with Crippen LogP contribution in [-0.4, -0.2) is 11.3 Å². The van der Waals surface area contributed by atoms with Crippen LogP contribution in [0.3, 0.4) is 0 Å². The zero-order valence-electron chi connectivity index (χ0n) is 23.6. The van der Waals surface area contributed by atoms with Gasteiger partial charge in [-0.25, -0.2) is 0 Å². The topological polar surface area (TPSA) is 41.8 Å². The van der Waals surface area contributed by atoms with Gasteiger partial charge in [-0.05, 0) is 48.4 Å². The van der Waals surface area contributed by atoms with Crippen molar-refractivity contribution in [1.29, 1.82) is 0 Å². The molecule has 1 N–H and O–H groups in total. The Bertz CT molecular complexity index is 1640. The van der Waals surface area contributed by atoms with Crippen molar-refractivity contribution < 1.29 is 24.5 Å². The van der Waals surface area contributed by atoms with Gasteiger partial charge in [0.15, 0.2) is 0 Å². The number of aliphatic imine (C=N–C) groups is 1. The third-order valence-corrected chi connectivity index (χ3v) is 6.85. The molecule has 0 heterocycles. The monoisotopic (exact) mass is 650 g/mol. The Morgan fingerprint density at radius 2 is 1.29 bits per heavy atom. The first kappa shape index (κ1) is 31.9. The zero-order valence-corrected chi connectivity index (χ0v) is 27.4. The number of aryl methyl sites for hydroxylation is 1. The van der Waals surface area contributed by atoms with Crippen molar-refractivity contribution in [2.45, 2.75) is 26.2 Å². The van der Waals surface area contributed by atoms with Crippen LogP contribution in [0.15, 0.2) is 126 Å². The molecule has 0 saturated heterocycles. The molecule has 3 nitrogen and oxygen atoms in total. The summed E-state index contributed by atoms with van der Waals surface area (Å²) in [6, 6.07) is 40.0. The van der Waals surface area contributed by atoms with Crippen LogP contribution in [0.25, 0.3) is 11.1 Å². The number of phenols is 1. The summed E-state index contributed by atoms with van der Waals surface area (Å²) in [5.41, 5.74) is 6.10. The van der Waals surface area contributed by atoms with Crippen molar-refractivity contribution in [2.75, 3.05) is 0 Å². The summed E-state index contributed by atoms with van der Waals surface area (Å²) in [5, 5.41) is 11.4.